The van der Waals surface area contributed by atoms with Crippen LogP contribution in [0.3, 0.4) is 0 Å². The lowest BCUT2D eigenvalue weighted by Gasteiger charge is -2.29. The first kappa shape index (κ1) is 14.5. The number of aliphatic hydroxyl groups is 1. The van der Waals surface area contributed by atoms with Crippen LogP contribution < -0.4 is 0 Å². The molecule has 0 bridgehead atoms. The smallest absolute Gasteiger partial charge is 0.0558 e. The van der Waals surface area contributed by atoms with Crippen LogP contribution in [0, 0.1) is 0 Å². The molecule has 1 N–H and O–H groups in total. The van der Waals surface area contributed by atoms with Crippen molar-refractivity contribution in [3.63, 3.8) is 0 Å². The number of hydrogen-bond donors (Lipinski definition) is 1. The van der Waals surface area contributed by atoms with E-state index in [-0.39, 0.29) is 6.61 Å². The van der Waals surface area contributed by atoms with E-state index in [2.05, 4.69) is 48.4 Å². The zero-order valence-electron chi connectivity index (χ0n) is 11.8. The molecule has 0 radical (unpaired) electrons. The van der Waals surface area contributed by atoms with Gasteiger partial charge in [-0.25, -0.2) is 0 Å². The van der Waals surface area contributed by atoms with Crippen molar-refractivity contribution in [3.05, 3.63) is 35.2 Å². The fourth-order valence-corrected chi connectivity index (χ4v) is 3.65. The van der Waals surface area contributed by atoms with Crippen LogP contribution in [0.1, 0.15) is 32.3 Å². The molecule has 19 heavy (non-hydrogen) atoms. The SMILES string of the molecule is CCC(CC)N(CCO)Cc1csc2ccccc12. The molecule has 0 saturated carbocycles. The van der Waals surface area contributed by atoms with Gasteiger partial charge in [-0.15, -0.1) is 11.3 Å². The van der Waals surface area contributed by atoms with Crippen LogP contribution >= 0.6 is 11.3 Å². The van der Waals surface area contributed by atoms with Gasteiger partial charge in [0.25, 0.3) is 0 Å². The fraction of sp³-hybridized carbons (Fsp3) is 0.500. The minimum atomic E-state index is 0.235. The Morgan fingerprint density at radius 1 is 1.21 bits per heavy atom. The molecule has 0 unspecified atom stereocenters. The van der Waals surface area contributed by atoms with Gasteiger partial charge in [-0.2, -0.15) is 0 Å². The molecule has 1 heterocycles. The molecule has 3 heteroatoms. The van der Waals surface area contributed by atoms with E-state index >= 15 is 0 Å². The third-order valence-electron chi connectivity index (χ3n) is 3.78. The first-order chi connectivity index (χ1) is 9.30. The molecule has 0 aliphatic rings. The summed E-state index contributed by atoms with van der Waals surface area (Å²) in [4.78, 5) is 2.41. The lowest BCUT2D eigenvalue weighted by atomic mass is 10.1. The molecule has 0 aliphatic heterocycles. The minimum Gasteiger partial charge on any atom is -0.395 e. The van der Waals surface area contributed by atoms with E-state index in [1.165, 1.54) is 15.6 Å². The number of hydrogen-bond acceptors (Lipinski definition) is 3. The Hall–Kier alpha value is -0.900. The summed E-state index contributed by atoms with van der Waals surface area (Å²) in [6.45, 7) is 6.39. The van der Waals surface area contributed by atoms with Crippen molar-refractivity contribution in [2.75, 3.05) is 13.2 Å². The van der Waals surface area contributed by atoms with Gasteiger partial charge in [-0.1, -0.05) is 32.0 Å². The van der Waals surface area contributed by atoms with E-state index in [1.54, 1.807) is 0 Å². The Morgan fingerprint density at radius 2 is 1.95 bits per heavy atom. The molecule has 1 aromatic heterocycles. The average molecular weight is 277 g/mol. The highest BCUT2D eigenvalue weighted by atomic mass is 32.1. The lowest BCUT2D eigenvalue weighted by molar-refractivity contribution is 0.137. The van der Waals surface area contributed by atoms with Crippen LogP contribution in [0.25, 0.3) is 10.1 Å². The normalized spacial score (nSPS) is 11.8. The zero-order valence-corrected chi connectivity index (χ0v) is 12.6. The van der Waals surface area contributed by atoms with Crippen molar-refractivity contribution >= 4 is 21.4 Å². The standard InChI is InChI=1S/C16H23NOS/c1-3-14(4-2)17(9-10-18)11-13-12-19-16-8-6-5-7-15(13)16/h5-8,12,14,18H,3-4,9-11H2,1-2H3. The minimum absolute atomic E-state index is 0.235. The maximum absolute atomic E-state index is 9.28. The van der Waals surface area contributed by atoms with Gasteiger partial charge < -0.3 is 5.11 Å². The van der Waals surface area contributed by atoms with Crippen molar-refractivity contribution in [1.29, 1.82) is 0 Å². The predicted molar refractivity (Wildman–Crippen MR) is 83.7 cm³/mol. The van der Waals surface area contributed by atoms with Crippen LogP contribution in [0.2, 0.25) is 0 Å². The van der Waals surface area contributed by atoms with Gasteiger partial charge in [-0.05, 0) is 35.2 Å². The molecule has 0 atom stereocenters. The predicted octanol–water partition coefficient (Wildman–Crippen LogP) is 3.88. The van der Waals surface area contributed by atoms with Crippen molar-refractivity contribution in [3.8, 4) is 0 Å². The Morgan fingerprint density at radius 3 is 2.63 bits per heavy atom. The Kier molecular flexibility index (Phi) is 5.37. The zero-order chi connectivity index (χ0) is 13.7. The molecule has 0 fully saturated rings. The largest absolute Gasteiger partial charge is 0.395 e. The number of nitrogens with zero attached hydrogens (tertiary/aromatic N) is 1. The molecule has 0 aliphatic carbocycles. The first-order valence-corrected chi connectivity index (χ1v) is 7.98. The van der Waals surface area contributed by atoms with Crippen LogP contribution in [-0.2, 0) is 6.54 Å². The monoisotopic (exact) mass is 277 g/mol. The molecular weight excluding hydrogens is 254 g/mol. The number of aliphatic hydroxyl groups excluding tert-OH is 1. The van der Waals surface area contributed by atoms with Crippen molar-refractivity contribution in [1.82, 2.24) is 4.90 Å². The second-order valence-corrected chi connectivity index (χ2v) is 5.83. The van der Waals surface area contributed by atoms with Gasteiger partial charge in [0.05, 0.1) is 6.61 Å². The summed E-state index contributed by atoms with van der Waals surface area (Å²) in [5, 5.41) is 12.9. The summed E-state index contributed by atoms with van der Waals surface area (Å²) in [5.74, 6) is 0. The van der Waals surface area contributed by atoms with Crippen molar-refractivity contribution < 1.29 is 5.11 Å². The van der Waals surface area contributed by atoms with Crippen molar-refractivity contribution in [2.24, 2.45) is 0 Å². The van der Waals surface area contributed by atoms with Gasteiger partial charge in [0.1, 0.15) is 0 Å². The summed E-state index contributed by atoms with van der Waals surface area (Å²) >= 11 is 1.81. The number of rotatable bonds is 7. The van der Waals surface area contributed by atoms with Gasteiger partial charge in [0.15, 0.2) is 0 Å². The van der Waals surface area contributed by atoms with Crippen LogP contribution in [0.15, 0.2) is 29.6 Å². The Bertz CT molecular complexity index is 504. The molecule has 0 amide bonds. The highest BCUT2D eigenvalue weighted by Crippen LogP contribution is 2.27. The highest BCUT2D eigenvalue weighted by molar-refractivity contribution is 7.17. The van der Waals surface area contributed by atoms with E-state index in [0.29, 0.717) is 6.04 Å². The van der Waals surface area contributed by atoms with Gasteiger partial charge >= 0.3 is 0 Å². The molecule has 1 aromatic carbocycles. The van der Waals surface area contributed by atoms with Crippen LogP contribution in [0.5, 0.6) is 0 Å². The quantitative estimate of drug-likeness (QED) is 0.830. The first-order valence-electron chi connectivity index (χ1n) is 7.10. The summed E-state index contributed by atoms with van der Waals surface area (Å²) in [5.41, 5.74) is 1.39. The average Bonchev–Trinajstić information content (AvgIpc) is 2.84. The molecule has 2 nitrogen and oxygen atoms in total. The fourth-order valence-electron chi connectivity index (χ4n) is 2.70. The van der Waals surface area contributed by atoms with Crippen LogP contribution in [0.4, 0.5) is 0 Å². The summed E-state index contributed by atoms with van der Waals surface area (Å²) in [6, 6.07) is 9.13. The van der Waals surface area contributed by atoms with Crippen molar-refractivity contribution in [2.45, 2.75) is 39.3 Å². The van der Waals surface area contributed by atoms with E-state index in [9.17, 15) is 5.11 Å². The van der Waals surface area contributed by atoms with E-state index in [4.69, 9.17) is 0 Å². The molecule has 104 valence electrons. The number of benzene rings is 1. The summed E-state index contributed by atoms with van der Waals surface area (Å²) in [6.07, 6.45) is 2.27. The second-order valence-electron chi connectivity index (χ2n) is 4.92. The van der Waals surface area contributed by atoms with Gasteiger partial charge in [0.2, 0.25) is 0 Å². The maximum atomic E-state index is 9.28. The molecule has 2 rings (SSSR count). The highest BCUT2D eigenvalue weighted by Gasteiger charge is 2.16. The van der Waals surface area contributed by atoms with E-state index in [0.717, 1.165) is 25.9 Å². The third-order valence-corrected chi connectivity index (χ3v) is 4.79. The number of thiophene rings is 1. The van der Waals surface area contributed by atoms with Gasteiger partial charge in [0, 0.05) is 23.8 Å². The molecule has 0 saturated heterocycles. The van der Waals surface area contributed by atoms with Crippen LogP contribution in [-0.4, -0.2) is 29.2 Å². The molecule has 0 spiro atoms. The molecular formula is C16H23NOS. The molecule has 2 aromatic rings. The Labute approximate surface area is 119 Å². The summed E-state index contributed by atoms with van der Waals surface area (Å²) < 4.78 is 1.35. The maximum Gasteiger partial charge on any atom is 0.0558 e. The van der Waals surface area contributed by atoms with E-state index < -0.39 is 0 Å². The second kappa shape index (κ2) is 7.04. The summed E-state index contributed by atoms with van der Waals surface area (Å²) in [7, 11) is 0. The lowest BCUT2D eigenvalue weighted by Crippen LogP contribution is -2.36. The third kappa shape index (κ3) is 3.35. The Balaban J connectivity index is 2.20. The van der Waals surface area contributed by atoms with Gasteiger partial charge in [-0.3, -0.25) is 4.90 Å². The van der Waals surface area contributed by atoms with E-state index in [1.807, 2.05) is 11.3 Å². The topological polar surface area (TPSA) is 23.5 Å². The number of fused-ring (bicyclic) bond motifs is 1.